The van der Waals surface area contributed by atoms with E-state index >= 15 is 0 Å². The number of thiazole rings is 1. The molecule has 1 amide bonds. The summed E-state index contributed by atoms with van der Waals surface area (Å²) in [6, 6.07) is 11.6. The predicted octanol–water partition coefficient (Wildman–Crippen LogP) is 6.65. The van der Waals surface area contributed by atoms with Crippen molar-refractivity contribution in [1.29, 1.82) is 0 Å². The number of thiocarbonyl (C=S) groups is 1. The molecule has 0 saturated carbocycles. The van der Waals surface area contributed by atoms with Gasteiger partial charge in [0.25, 0.3) is 5.91 Å². The van der Waals surface area contributed by atoms with E-state index < -0.39 is 5.91 Å². The minimum atomic E-state index is -0.521. The maximum atomic E-state index is 12.5. The van der Waals surface area contributed by atoms with Gasteiger partial charge in [0.1, 0.15) is 11.5 Å². The zero-order valence-electron chi connectivity index (χ0n) is 15.7. The lowest BCUT2D eigenvalue weighted by molar-refractivity contribution is 0.0951. The molecule has 11 heteroatoms. The van der Waals surface area contributed by atoms with Gasteiger partial charge in [-0.25, -0.2) is 4.98 Å². The van der Waals surface area contributed by atoms with Crippen molar-refractivity contribution in [2.24, 2.45) is 0 Å². The molecule has 6 nitrogen and oxygen atoms in total. The Bertz CT molecular complexity index is 1320. The van der Waals surface area contributed by atoms with Crippen molar-refractivity contribution in [3.63, 3.8) is 0 Å². The third kappa shape index (κ3) is 4.78. The summed E-state index contributed by atoms with van der Waals surface area (Å²) in [4.78, 5) is 16.9. The number of benzene rings is 2. The summed E-state index contributed by atoms with van der Waals surface area (Å²) in [5.41, 5.74) is 1.26. The highest BCUT2D eigenvalue weighted by Crippen LogP contribution is 2.34. The van der Waals surface area contributed by atoms with Crippen molar-refractivity contribution < 1.29 is 13.9 Å². The molecular formula is C20H12Cl3N3O3S2. The van der Waals surface area contributed by atoms with Gasteiger partial charge < -0.3 is 14.5 Å². The minimum Gasteiger partial charge on any atom is -0.495 e. The number of nitrogens with zero attached hydrogens (tertiary/aromatic N) is 1. The Morgan fingerprint density at radius 2 is 1.94 bits per heavy atom. The summed E-state index contributed by atoms with van der Waals surface area (Å²) in [7, 11) is 1.54. The lowest BCUT2D eigenvalue weighted by Crippen LogP contribution is -2.33. The van der Waals surface area contributed by atoms with Crippen LogP contribution >= 0.6 is 58.4 Å². The maximum Gasteiger partial charge on any atom is 0.293 e. The van der Waals surface area contributed by atoms with Crippen LogP contribution in [0.1, 0.15) is 10.6 Å². The van der Waals surface area contributed by atoms with Crippen LogP contribution in [-0.4, -0.2) is 23.1 Å². The van der Waals surface area contributed by atoms with Crippen LogP contribution in [0.4, 0.5) is 5.13 Å². The van der Waals surface area contributed by atoms with E-state index in [0.29, 0.717) is 42.8 Å². The van der Waals surface area contributed by atoms with Crippen molar-refractivity contribution in [1.82, 2.24) is 10.3 Å². The zero-order chi connectivity index (χ0) is 22.1. The molecule has 0 atom stereocenters. The van der Waals surface area contributed by atoms with Crippen LogP contribution in [0.5, 0.6) is 5.75 Å². The van der Waals surface area contributed by atoms with Gasteiger partial charge in [-0.15, -0.1) is 0 Å². The first-order chi connectivity index (χ1) is 14.8. The Morgan fingerprint density at radius 3 is 2.71 bits per heavy atom. The van der Waals surface area contributed by atoms with Gasteiger partial charge in [0, 0.05) is 16.7 Å². The molecule has 0 aliphatic heterocycles. The second-order valence-corrected chi connectivity index (χ2v) is 8.86. The molecule has 4 aromatic rings. The molecule has 0 fully saturated rings. The fourth-order valence-electron chi connectivity index (χ4n) is 2.72. The number of carbonyl (C=O) groups is 1. The monoisotopic (exact) mass is 511 g/mol. The lowest BCUT2D eigenvalue weighted by atomic mass is 10.2. The average molecular weight is 513 g/mol. The van der Waals surface area contributed by atoms with Crippen LogP contribution in [-0.2, 0) is 0 Å². The van der Waals surface area contributed by atoms with E-state index in [0.717, 1.165) is 4.70 Å². The van der Waals surface area contributed by atoms with E-state index in [1.807, 2.05) is 0 Å². The van der Waals surface area contributed by atoms with Gasteiger partial charge in [-0.2, -0.15) is 0 Å². The molecule has 2 heterocycles. The van der Waals surface area contributed by atoms with Crippen molar-refractivity contribution >= 4 is 84.7 Å². The highest BCUT2D eigenvalue weighted by atomic mass is 35.5. The minimum absolute atomic E-state index is 0.0658. The van der Waals surface area contributed by atoms with E-state index in [-0.39, 0.29) is 10.9 Å². The van der Waals surface area contributed by atoms with Gasteiger partial charge in [-0.3, -0.25) is 10.1 Å². The highest BCUT2D eigenvalue weighted by Gasteiger charge is 2.16. The second-order valence-electron chi connectivity index (χ2n) is 6.17. The van der Waals surface area contributed by atoms with Crippen LogP contribution in [0.25, 0.3) is 21.5 Å². The van der Waals surface area contributed by atoms with E-state index in [9.17, 15) is 4.79 Å². The summed E-state index contributed by atoms with van der Waals surface area (Å²) in [6.07, 6.45) is 0. The molecule has 2 aromatic heterocycles. The standard InChI is InChI=1S/C20H12Cl3N3O3S2/c1-28-16-8-17-13(7-12(16)23)24-20(31-17)26-19(30)25-18(27)15-5-4-14(29-15)10-6-9(21)2-3-11(10)22/h2-8H,1H3,(H2,24,25,26,27,30). The molecule has 158 valence electrons. The molecule has 0 saturated heterocycles. The van der Waals surface area contributed by atoms with Crippen molar-refractivity contribution in [2.45, 2.75) is 0 Å². The van der Waals surface area contributed by atoms with Crippen LogP contribution in [0.3, 0.4) is 0 Å². The number of nitrogens with one attached hydrogen (secondary N) is 2. The number of furan rings is 1. The van der Waals surface area contributed by atoms with Gasteiger partial charge in [-0.1, -0.05) is 46.1 Å². The third-order valence-corrected chi connectivity index (χ3v) is 6.13. The molecule has 0 bridgehead atoms. The zero-order valence-corrected chi connectivity index (χ0v) is 19.6. The topological polar surface area (TPSA) is 76.4 Å². The SMILES string of the molecule is COc1cc2sc(NC(=S)NC(=O)c3ccc(-c4cc(Cl)ccc4Cl)o3)nc2cc1Cl. The molecule has 2 N–H and O–H groups in total. The van der Waals surface area contributed by atoms with E-state index in [2.05, 4.69) is 15.6 Å². The van der Waals surface area contributed by atoms with Crippen molar-refractivity contribution in [3.8, 4) is 17.1 Å². The first kappa shape index (κ1) is 21.9. The quantitative estimate of drug-likeness (QED) is 0.298. The summed E-state index contributed by atoms with van der Waals surface area (Å²) >= 11 is 24.9. The fraction of sp³-hybridized carbons (Fsp3) is 0.0500. The van der Waals surface area contributed by atoms with Crippen molar-refractivity contribution in [2.75, 3.05) is 12.4 Å². The second kappa shape index (κ2) is 9.02. The number of hydrogen-bond donors (Lipinski definition) is 2. The molecule has 4 rings (SSSR count). The number of hydrogen-bond acceptors (Lipinski definition) is 6. The number of aromatic nitrogens is 1. The number of rotatable bonds is 4. The normalized spacial score (nSPS) is 10.8. The van der Waals surface area contributed by atoms with E-state index in [4.69, 9.17) is 56.2 Å². The fourth-order valence-corrected chi connectivity index (χ4v) is 4.48. The third-order valence-electron chi connectivity index (χ3n) is 4.13. The molecule has 31 heavy (non-hydrogen) atoms. The predicted molar refractivity (Wildman–Crippen MR) is 129 cm³/mol. The Morgan fingerprint density at radius 1 is 1.13 bits per heavy atom. The Labute approximate surface area is 201 Å². The molecule has 0 radical (unpaired) electrons. The number of anilines is 1. The summed E-state index contributed by atoms with van der Waals surface area (Å²) in [6.45, 7) is 0. The molecular weight excluding hydrogens is 501 g/mol. The van der Waals surface area contributed by atoms with Crippen LogP contribution in [0, 0.1) is 0 Å². The molecule has 0 aliphatic rings. The van der Waals surface area contributed by atoms with E-state index in [1.54, 1.807) is 36.4 Å². The summed E-state index contributed by atoms with van der Waals surface area (Å²) in [5, 5.41) is 7.42. The maximum absolute atomic E-state index is 12.5. The lowest BCUT2D eigenvalue weighted by Gasteiger charge is -2.05. The number of carbonyl (C=O) groups excluding carboxylic acids is 1. The Hall–Kier alpha value is -2.36. The van der Waals surface area contributed by atoms with Gasteiger partial charge in [0.05, 0.1) is 27.4 Å². The summed E-state index contributed by atoms with van der Waals surface area (Å²) in [5.74, 6) is 0.505. The van der Waals surface area contributed by atoms with Gasteiger partial charge >= 0.3 is 0 Å². The average Bonchev–Trinajstić information content (AvgIpc) is 3.35. The highest BCUT2D eigenvalue weighted by molar-refractivity contribution is 7.80. The van der Waals surface area contributed by atoms with E-state index in [1.165, 1.54) is 24.5 Å². The van der Waals surface area contributed by atoms with Crippen LogP contribution < -0.4 is 15.4 Å². The number of methoxy groups -OCH3 is 1. The smallest absolute Gasteiger partial charge is 0.293 e. The number of ether oxygens (including phenoxy) is 1. The van der Waals surface area contributed by atoms with Crippen molar-refractivity contribution in [3.05, 3.63) is 63.3 Å². The van der Waals surface area contributed by atoms with Crippen LogP contribution in [0.15, 0.2) is 46.9 Å². The van der Waals surface area contributed by atoms with Crippen LogP contribution in [0.2, 0.25) is 15.1 Å². The van der Waals surface area contributed by atoms with Gasteiger partial charge in [0.15, 0.2) is 16.0 Å². The molecule has 0 aliphatic carbocycles. The number of amides is 1. The first-order valence-corrected chi connectivity index (χ1v) is 11.0. The summed E-state index contributed by atoms with van der Waals surface area (Å²) < 4.78 is 11.7. The number of halogens is 3. The van der Waals surface area contributed by atoms with Gasteiger partial charge in [-0.05, 0) is 48.6 Å². The largest absolute Gasteiger partial charge is 0.495 e. The Balaban J connectivity index is 1.46. The first-order valence-electron chi connectivity index (χ1n) is 8.65. The van der Waals surface area contributed by atoms with Gasteiger partial charge in [0.2, 0.25) is 0 Å². The molecule has 0 spiro atoms. The molecule has 2 aromatic carbocycles. The Kier molecular flexibility index (Phi) is 6.36. The number of fused-ring (bicyclic) bond motifs is 1. The molecule has 0 unspecified atom stereocenters.